The number of aromatic hydroxyl groups is 3. The molecule has 0 aliphatic carbocycles. The largest absolute Gasteiger partial charge is 0.508 e. The van der Waals surface area contributed by atoms with Gasteiger partial charge in [-0.15, -0.1) is 0 Å². The molecular weight excluding hydrogens is 308 g/mol. The van der Waals surface area contributed by atoms with Crippen LogP contribution in [0.1, 0.15) is 30.5 Å². The zero-order valence-electron chi connectivity index (χ0n) is 13.6. The van der Waals surface area contributed by atoms with Crippen LogP contribution in [0.25, 0.3) is 12.2 Å². The Bertz CT molecular complexity index is 724. The van der Waals surface area contributed by atoms with Gasteiger partial charge in [-0.3, -0.25) is 0 Å². The van der Waals surface area contributed by atoms with Gasteiger partial charge in [-0.25, -0.2) is 0 Å². The second kappa shape index (κ2) is 6.95. The first kappa shape index (κ1) is 17.8. The zero-order valence-corrected chi connectivity index (χ0v) is 13.6. The molecular formula is C19H22O5. The van der Waals surface area contributed by atoms with Gasteiger partial charge in [0.2, 0.25) is 0 Å². The number of aliphatic hydroxyl groups is 2. The van der Waals surface area contributed by atoms with Crippen molar-refractivity contribution < 1.29 is 25.5 Å². The minimum absolute atomic E-state index is 0.0330. The number of phenolic OH excluding ortho intramolecular Hbond substituents is 3. The van der Waals surface area contributed by atoms with Gasteiger partial charge < -0.3 is 25.5 Å². The molecule has 0 aromatic heterocycles. The number of rotatable bonds is 5. The highest BCUT2D eigenvalue weighted by molar-refractivity contribution is 5.71. The normalized spacial score (nSPS) is 13.3. The number of hydrogen-bond acceptors (Lipinski definition) is 5. The van der Waals surface area contributed by atoms with Crippen LogP contribution in [0.3, 0.4) is 0 Å². The van der Waals surface area contributed by atoms with Crippen LogP contribution < -0.4 is 0 Å². The summed E-state index contributed by atoms with van der Waals surface area (Å²) in [6.45, 7) is 3.01. The van der Waals surface area contributed by atoms with Crippen LogP contribution in [-0.2, 0) is 6.42 Å². The molecule has 5 N–H and O–H groups in total. The average Bonchev–Trinajstić information content (AvgIpc) is 2.46. The quantitative estimate of drug-likeness (QED) is 0.543. The van der Waals surface area contributed by atoms with E-state index >= 15 is 0 Å². The molecule has 2 aromatic carbocycles. The van der Waals surface area contributed by atoms with Gasteiger partial charge in [-0.1, -0.05) is 18.2 Å². The SMILES string of the molecule is CC(C)(O)[C@H](O)Cc1cc(C=Cc2cc(O)cc(O)c2)ccc1O. The van der Waals surface area contributed by atoms with Gasteiger partial charge in [0, 0.05) is 12.5 Å². The van der Waals surface area contributed by atoms with Gasteiger partial charge in [-0.2, -0.15) is 0 Å². The van der Waals surface area contributed by atoms with Gasteiger partial charge in [0.1, 0.15) is 17.2 Å². The minimum atomic E-state index is -1.27. The molecule has 0 radical (unpaired) electrons. The molecule has 0 aliphatic heterocycles. The third-order valence-corrected chi connectivity index (χ3v) is 3.73. The van der Waals surface area contributed by atoms with E-state index in [0.717, 1.165) is 5.56 Å². The predicted molar refractivity (Wildman–Crippen MR) is 92.8 cm³/mol. The molecule has 128 valence electrons. The molecule has 0 saturated heterocycles. The molecule has 0 bridgehead atoms. The molecule has 0 fully saturated rings. The zero-order chi connectivity index (χ0) is 17.9. The summed E-state index contributed by atoms with van der Waals surface area (Å²) in [6.07, 6.45) is 2.57. The first-order valence-corrected chi connectivity index (χ1v) is 7.58. The van der Waals surface area contributed by atoms with E-state index in [1.54, 1.807) is 24.3 Å². The molecule has 2 aromatic rings. The third kappa shape index (κ3) is 4.75. The van der Waals surface area contributed by atoms with Gasteiger partial charge >= 0.3 is 0 Å². The van der Waals surface area contributed by atoms with Crippen molar-refractivity contribution in [3.05, 3.63) is 53.1 Å². The first-order chi connectivity index (χ1) is 11.1. The van der Waals surface area contributed by atoms with Crippen LogP contribution in [0.5, 0.6) is 17.2 Å². The van der Waals surface area contributed by atoms with Crippen molar-refractivity contribution >= 4 is 12.2 Å². The summed E-state index contributed by atoms with van der Waals surface area (Å²) in [5, 5.41) is 48.7. The number of benzene rings is 2. The summed E-state index contributed by atoms with van der Waals surface area (Å²) < 4.78 is 0. The standard InChI is InChI=1S/C19H22O5/c1-19(2,24)18(23)10-14-7-12(5-6-17(14)22)3-4-13-8-15(20)11-16(21)9-13/h3-9,11,18,20-24H,10H2,1-2H3/t18-/m1/s1. The Morgan fingerprint density at radius 3 is 2.08 bits per heavy atom. The van der Waals surface area contributed by atoms with E-state index in [4.69, 9.17) is 0 Å². The molecule has 0 spiro atoms. The monoisotopic (exact) mass is 330 g/mol. The summed E-state index contributed by atoms with van der Waals surface area (Å²) in [4.78, 5) is 0. The van der Waals surface area contributed by atoms with E-state index in [1.807, 2.05) is 0 Å². The highest BCUT2D eigenvalue weighted by atomic mass is 16.3. The smallest absolute Gasteiger partial charge is 0.119 e. The van der Waals surface area contributed by atoms with Crippen molar-refractivity contribution in [2.75, 3.05) is 0 Å². The summed E-state index contributed by atoms with van der Waals surface area (Å²) >= 11 is 0. The number of hydrogen-bond donors (Lipinski definition) is 5. The summed E-state index contributed by atoms with van der Waals surface area (Å²) in [7, 11) is 0. The van der Waals surface area contributed by atoms with Gasteiger partial charge in [-0.05, 0) is 54.8 Å². The fraction of sp³-hybridized carbons (Fsp3) is 0.263. The molecule has 0 unspecified atom stereocenters. The lowest BCUT2D eigenvalue weighted by Crippen LogP contribution is -2.37. The van der Waals surface area contributed by atoms with E-state index in [0.29, 0.717) is 11.1 Å². The molecule has 0 saturated carbocycles. The predicted octanol–water partition coefficient (Wildman–Crippen LogP) is 2.65. The average molecular weight is 330 g/mol. The van der Waals surface area contributed by atoms with Crippen molar-refractivity contribution in [2.24, 2.45) is 0 Å². The van der Waals surface area contributed by atoms with Crippen LogP contribution in [0.4, 0.5) is 0 Å². The topological polar surface area (TPSA) is 101 Å². The molecule has 1 atom stereocenters. The second-order valence-corrected chi connectivity index (χ2v) is 6.38. The maximum Gasteiger partial charge on any atom is 0.119 e. The fourth-order valence-corrected chi connectivity index (χ4v) is 2.24. The van der Waals surface area contributed by atoms with Crippen molar-refractivity contribution in [3.8, 4) is 17.2 Å². The maximum atomic E-state index is 9.99. The van der Waals surface area contributed by atoms with Gasteiger partial charge in [0.05, 0.1) is 11.7 Å². The van der Waals surface area contributed by atoms with E-state index in [1.165, 1.54) is 38.1 Å². The van der Waals surface area contributed by atoms with Gasteiger partial charge in [0.15, 0.2) is 0 Å². The van der Waals surface area contributed by atoms with E-state index < -0.39 is 11.7 Å². The maximum absolute atomic E-state index is 9.99. The van der Waals surface area contributed by atoms with Crippen LogP contribution in [-0.4, -0.2) is 37.2 Å². The lowest BCUT2D eigenvalue weighted by Gasteiger charge is -2.24. The Labute approximate surface area is 140 Å². The van der Waals surface area contributed by atoms with Crippen LogP contribution >= 0.6 is 0 Å². The minimum Gasteiger partial charge on any atom is -0.508 e. The van der Waals surface area contributed by atoms with Crippen LogP contribution in [0, 0.1) is 0 Å². The lowest BCUT2D eigenvalue weighted by molar-refractivity contribution is -0.0471. The van der Waals surface area contributed by atoms with Crippen LogP contribution in [0.2, 0.25) is 0 Å². The fourth-order valence-electron chi connectivity index (χ4n) is 2.24. The molecule has 2 rings (SSSR count). The Hall–Kier alpha value is -2.50. The molecule has 5 heteroatoms. The Morgan fingerprint density at radius 2 is 1.50 bits per heavy atom. The summed E-state index contributed by atoms with van der Waals surface area (Å²) in [6, 6.07) is 9.20. The molecule has 0 amide bonds. The number of aliphatic hydroxyl groups excluding tert-OH is 1. The van der Waals surface area contributed by atoms with Crippen molar-refractivity contribution in [3.63, 3.8) is 0 Å². The molecule has 24 heavy (non-hydrogen) atoms. The Kier molecular flexibility index (Phi) is 5.17. The number of phenols is 3. The van der Waals surface area contributed by atoms with Crippen molar-refractivity contribution in [1.82, 2.24) is 0 Å². The summed E-state index contributed by atoms with van der Waals surface area (Å²) in [5.41, 5.74) is 0.648. The van der Waals surface area contributed by atoms with E-state index in [2.05, 4.69) is 0 Å². The first-order valence-electron chi connectivity index (χ1n) is 7.58. The highest BCUT2D eigenvalue weighted by Crippen LogP contribution is 2.25. The summed E-state index contributed by atoms with van der Waals surface area (Å²) in [5.74, 6) is -0.0193. The Morgan fingerprint density at radius 1 is 0.917 bits per heavy atom. The van der Waals surface area contributed by atoms with E-state index in [9.17, 15) is 25.5 Å². The van der Waals surface area contributed by atoms with Crippen molar-refractivity contribution in [1.29, 1.82) is 0 Å². The second-order valence-electron chi connectivity index (χ2n) is 6.38. The lowest BCUT2D eigenvalue weighted by atomic mass is 9.94. The van der Waals surface area contributed by atoms with Gasteiger partial charge in [0.25, 0.3) is 0 Å². The van der Waals surface area contributed by atoms with Crippen LogP contribution in [0.15, 0.2) is 36.4 Å². The third-order valence-electron chi connectivity index (χ3n) is 3.73. The highest BCUT2D eigenvalue weighted by Gasteiger charge is 2.25. The van der Waals surface area contributed by atoms with Crippen molar-refractivity contribution in [2.45, 2.75) is 32.0 Å². The molecule has 0 aliphatic rings. The Balaban J connectivity index is 2.23. The molecule has 5 nitrogen and oxygen atoms in total. The molecule has 0 heterocycles. The van der Waals surface area contributed by atoms with E-state index in [-0.39, 0.29) is 23.7 Å².